The van der Waals surface area contributed by atoms with Crippen molar-refractivity contribution in [3.63, 3.8) is 0 Å². The third-order valence-electron chi connectivity index (χ3n) is 4.73. The first-order chi connectivity index (χ1) is 12.1. The number of benzene rings is 1. The molecule has 0 unspecified atom stereocenters. The Bertz CT molecular complexity index is 772. The molecule has 1 aromatic rings. The number of hydrogen-bond acceptors (Lipinski definition) is 4. The molecule has 0 spiro atoms. The number of carbonyl (C=O) groups is 1. The Morgan fingerprint density at radius 3 is 2.88 bits per heavy atom. The summed E-state index contributed by atoms with van der Waals surface area (Å²) >= 11 is 0. The van der Waals surface area contributed by atoms with Gasteiger partial charge in [0, 0.05) is 0 Å². The Morgan fingerprint density at radius 1 is 1.28 bits per heavy atom. The normalized spacial score (nSPS) is 25.1. The fourth-order valence-electron chi connectivity index (χ4n) is 3.56. The van der Waals surface area contributed by atoms with Gasteiger partial charge in [0.1, 0.15) is 23.5 Å². The van der Waals surface area contributed by atoms with E-state index in [1.165, 1.54) is 7.11 Å². The van der Waals surface area contributed by atoms with E-state index in [1.807, 2.05) is 54.6 Å². The Morgan fingerprint density at radius 2 is 2.12 bits per heavy atom. The first kappa shape index (κ1) is 17.1. The van der Waals surface area contributed by atoms with E-state index in [2.05, 4.69) is 6.58 Å². The molecule has 2 atom stereocenters. The van der Waals surface area contributed by atoms with E-state index in [0.29, 0.717) is 18.8 Å². The molecular weight excluding hydrogens is 316 g/mol. The van der Waals surface area contributed by atoms with Crippen molar-refractivity contribution in [1.29, 1.82) is 0 Å². The minimum absolute atomic E-state index is 0.290. The average molecular weight is 338 g/mol. The van der Waals surface area contributed by atoms with Gasteiger partial charge < -0.3 is 14.2 Å². The molecule has 0 saturated carbocycles. The second kappa shape index (κ2) is 7.01. The highest BCUT2D eigenvalue weighted by atomic mass is 16.5. The fourth-order valence-corrected chi connectivity index (χ4v) is 3.56. The second-order valence-electron chi connectivity index (χ2n) is 6.23. The van der Waals surface area contributed by atoms with Crippen molar-refractivity contribution in [1.82, 2.24) is 0 Å². The molecule has 0 amide bonds. The van der Waals surface area contributed by atoms with Crippen LogP contribution < -0.4 is 4.74 Å². The third-order valence-corrected chi connectivity index (χ3v) is 4.73. The predicted molar refractivity (Wildman–Crippen MR) is 96.3 cm³/mol. The summed E-state index contributed by atoms with van der Waals surface area (Å²) in [6, 6.07) is 7.56. The molecule has 25 heavy (non-hydrogen) atoms. The minimum atomic E-state index is -0.953. The lowest BCUT2D eigenvalue weighted by molar-refractivity contribution is -0.149. The average Bonchev–Trinajstić information content (AvgIpc) is 2.96. The number of esters is 1. The highest BCUT2D eigenvalue weighted by Crippen LogP contribution is 2.47. The minimum Gasteiger partial charge on any atom is -0.497 e. The lowest BCUT2D eigenvalue weighted by atomic mass is 9.66. The molecule has 4 heteroatoms. The van der Waals surface area contributed by atoms with E-state index in [1.54, 1.807) is 7.11 Å². The maximum absolute atomic E-state index is 13.1. The molecule has 1 aromatic carbocycles. The van der Waals surface area contributed by atoms with Crippen LogP contribution in [0.2, 0.25) is 0 Å². The maximum atomic E-state index is 13.1. The lowest BCUT2D eigenvalue weighted by Gasteiger charge is -2.36. The molecule has 1 heterocycles. The number of hydrogen-bond donors (Lipinski definition) is 0. The summed E-state index contributed by atoms with van der Waals surface area (Å²) in [5, 5.41) is 0. The molecular formula is C21H22O4. The van der Waals surface area contributed by atoms with Crippen molar-refractivity contribution in [3.05, 3.63) is 78.1 Å². The third kappa shape index (κ3) is 3.00. The molecule has 3 rings (SSSR count). The Kier molecular flexibility index (Phi) is 4.79. The van der Waals surface area contributed by atoms with E-state index >= 15 is 0 Å². The number of methoxy groups -OCH3 is 2. The zero-order valence-corrected chi connectivity index (χ0v) is 14.5. The Balaban J connectivity index is 2.26. The van der Waals surface area contributed by atoms with Gasteiger partial charge in [-0.25, -0.2) is 0 Å². The van der Waals surface area contributed by atoms with Crippen molar-refractivity contribution in [2.75, 3.05) is 20.8 Å². The molecule has 0 N–H and O–H groups in total. The van der Waals surface area contributed by atoms with E-state index in [9.17, 15) is 4.79 Å². The van der Waals surface area contributed by atoms with Crippen LogP contribution in [0, 0.1) is 5.92 Å². The quantitative estimate of drug-likeness (QED) is 0.622. The molecule has 1 saturated heterocycles. The van der Waals surface area contributed by atoms with Gasteiger partial charge in [-0.3, -0.25) is 4.79 Å². The topological polar surface area (TPSA) is 44.8 Å². The van der Waals surface area contributed by atoms with Crippen LogP contribution in [-0.4, -0.2) is 26.8 Å². The lowest BCUT2D eigenvalue weighted by Crippen LogP contribution is -2.43. The van der Waals surface area contributed by atoms with Crippen LogP contribution in [-0.2, 0) is 19.7 Å². The summed E-state index contributed by atoms with van der Waals surface area (Å²) in [6.45, 7) is 4.48. The van der Waals surface area contributed by atoms with Crippen LogP contribution in [0.3, 0.4) is 0 Å². The maximum Gasteiger partial charge on any atom is 0.317 e. The van der Waals surface area contributed by atoms with Crippen molar-refractivity contribution in [2.24, 2.45) is 5.92 Å². The van der Waals surface area contributed by atoms with Crippen LogP contribution >= 0.6 is 0 Å². The molecule has 1 aliphatic heterocycles. The summed E-state index contributed by atoms with van der Waals surface area (Å²) in [4.78, 5) is 13.1. The number of allylic oxidation sites excluding steroid dienone is 5. The second-order valence-corrected chi connectivity index (χ2v) is 6.23. The van der Waals surface area contributed by atoms with Crippen molar-refractivity contribution < 1.29 is 19.0 Å². The molecule has 0 radical (unpaired) electrons. The first-order valence-corrected chi connectivity index (χ1v) is 8.19. The van der Waals surface area contributed by atoms with Gasteiger partial charge in [-0.15, -0.1) is 0 Å². The van der Waals surface area contributed by atoms with Crippen LogP contribution in [0.15, 0.2) is 72.6 Å². The number of rotatable bonds is 3. The van der Waals surface area contributed by atoms with Crippen molar-refractivity contribution in [2.45, 2.75) is 11.8 Å². The van der Waals surface area contributed by atoms with Crippen LogP contribution in [0.4, 0.5) is 0 Å². The van der Waals surface area contributed by atoms with Crippen LogP contribution in [0.1, 0.15) is 12.0 Å². The van der Waals surface area contributed by atoms with Crippen LogP contribution in [0.5, 0.6) is 5.75 Å². The van der Waals surface area contributed by atoms with E-state index < -0.39 is 5.41 Å². The van der Waals surface area contributed by atoms with Gasteiger partial charge in [0.2, 0.25) is 0 Å². The summed E-state index contributed by atoms with van der Waals surface area (Å²) < 4.78 is 16.6. The smallest absolute Gasteiger partial charge is 0.317 e. The van der Waals surface area contributed by atoms with Gasteiger partial charge in [-0.1, -0.05) is 43.0 Å². The molecule has 1 fully saturated rings. The predicted octanol–water partition coefficient (Wildman–Crippen LogP) is 3.71. The monoisotopic (exact) mass is 338 g/mol. The summed E-state index contributed by atoms with van der Waals surface area (Å²) in [7, 11) is 3.03. The molecule has 0 aromatic heterocycles. The summed E-state index contributed by atoms with van der Waals surface area (Å²) in [5.41, 5.74) is 0.720. The van der Waals surface area contributed by atoms with Crippen molar-refractivity contribution in [3.8, 4) is 5.75 Å². The molecule has 1 aliphatic carbocycles. The van der Waals surface area contributed by atoms with E-state index in [-0.39, 0.29) is 11.9 Å². The number of fused-ring (bicyclic) bond motifs is 1. The van der Waals surface area contributed by atoms with E-state index in [0.717, 1.165) is 16.9 Å². The molecule has 4 nitrogen and oxygen atoms in total. The van der Waals surface area contributed by atoms with Gasteiger partial charge in [0.05, 0.1) is 20.1 Å². The largest absolute Gasteiger partial charge is 0.497 e. The van der Waals surface area contributed by atoms with Crippen molar-refractivity contribution >= 4 is 5.97 Å². The van der Waals surface area contributed by atoms with Gasteiger partial charge in [-0.2, -0.15) is 0 Å². The highest BCUT2D eigenvalue weighted by Gasteiger charge is 2.51. The first-order valence-electron chi connectivity index (χ1n) is 8.19. The fraction of sp³-hybridized carbons (Fsp3) is 0.286. The Labute approximate surface area is 148 Å². The van der Waals surface area contributed by atoms with Gasteiger partial charge in [0.15, 0.2) is 0 Å². The SMILES string of the molecule is C=C1COC2=CC=CC=C[C@H]2[C@@](C(=O)OC)(c2cccc(OC)c2)C1. The number of ether oxygens (including phenoxy) is 3. The van der Waals surface area contributed by atoms with Gasteiger partial charge in [0.25, 0.3) is 0 Å². The summed E-state index contributed by atoms with van der Waals surface area (Å²) in [6.07, 6.45) is 10.1. The molecule has 0 bridgehead atoms. The summed E-state index contributed by atoms with van der Waals surface area (Å²) in [5.74, 6) is 0.825. The zero-order valence-electron chi connectivity index (χ0n) is 14.5. The molecule has 2 aliphatic rings. The zero-order chi connectivity index (χ0) is 17.9. The Hall–Kier alpha value is -2.75. The van der Waals surface area contributed by atoms with Gasteiger partial charge >= 0.3 is 5.97 Å². The molecule has 130 valence electrons. The standard InChI is InChI=1S/C21H22O4/c1-15-13-21(20(22)24-3,16-8-7-9-17(12-16)23-2)18-10-5-4-6-11-19(18)25-14-15/h4-12,18H,1,13-14H2,2-3H3/t18-,21+/m1/s1. The van der Waals surface area contributed by atoms with Crippen LogP contribution in [0.25, 0.3) is 0 Å². The van der Waals surface area contributed by atoms with E-state index in [4.69, 9.17) is 14.2 Å². The highest BCUT2D eigenvalue weighted by molar-refractivity contribution is 5.85. The number of carbonyl (C=O) groups excluding carboxylic acids is 1. The van der Waals surface area contributed by atoms with Gasteiger partial charge in [-0.05, 0) is 35.8 Å².